The van der Waals surface area contributed by atoms with Crippen molar-refractivity contribution in [3.05, 3.63) is 35.4 Å². The Bertz CT molecular complexity index is 497. The summed E-state index contributed by atoms with van der Waals surface area (Å²) in [6.07, 6.45) is -4.43. The molecular weight excluding hydrogens is 255 g/mol. The van der Waals surface area contributed by atoms with Gasteiger partial charge in [0.2, 0.25) is 10.0 Å². The van der Waals surface area contributed by atoms with Gasteiger partial charge in [-0.3, -0.25) is 0 Å². The molecule has 3 nitrogen and oxygen atoms in total. The van der Waals surface area contributed by atoms with Gasteiger partial charge in [-0.2, -0.15) is 13.2 Å². The summed E-state index contributed by atoms with van der Waals surface area (Å²) in [6.45, 7) is 1.51. The molecule has 0 spiro atoms. The number of alkyl halides is 3. The highest BCUT2D eigenvalue weighted by atomic mass is 32.2. The van der Waals surface area contributed by atoms with Gasteiger partial charge in [0, 0.05) is 0 Å². The minimum atomic E-state index is -4.43. The first-order valence-corrected chi connectivity index (χ1v) is 6.49. The van der Waals surface area contributed by atoms with E-state index in [2.05, 4.69) is 0 Å². The number of rotatable bonds is 3. The van der Waals surface area contributed by atoms with Crippen LogP contribution in [0.2, 0.25) is 0 Å². The number of hydrogen-bond acceptors (Lipinski definition) is 2. The molecule has 0 heterocycles. The maximum atomic E-state index is 12.4. The molecule has 0 aromatic heterocycles. The molecular formula is C10H12F3NO2S. The van der Waals surface area contributed by atoms with Crippen LogP contribution < -0.4 is 5.14 Å². The van der Waals surface area contributed by atoms with Crippen LogP contribution in [0.5, 0.6) is 0 Å². The van der Waals surface area contributed by atoms with E-state index in [4.69, 9.17) is 5.14 Å². The van der Waals surface area contributed by atoms with Gasteiger partial charge in [0.05, 0.1) is 11.3 Å². The lowest BCUT2D eigenvalue weighted by Crippen LogP contribution is -2.20. The first-order valence-electron chi connectivity index (χ1n) is 4.77. The summed E-state index contributed by atoms with van der Waals surface area (Å²) in [5.41, 5.74) is -0.495. The van der Waals surface area contributed by atoms with Crippen molar-refractivity contribution < 1.29 is 21.6 Å². The molecule has 0 amide bonds. The normalized spacial score (nSPS) is 14.6. The highest BCUT2D eigenvalue weighted by Gasteiger charge is 2.30. The molecule has 17 heavy (non-hydrogen) atoms. The Morgan fingerprint density at radius 1 is 1.35 bits per heavy atom. The first-order chi connectivity index (χ1) is 7.59. The summed E-state index contributed by atoms with van der Waals surface area (Å²) in [5, 5.41) is 4.85. The number of sulfonamides is 1. The van der Waals surface area contributed by atoms with E-state index in [1.165, 1.54) is 19.1 Å². The van der Waals surface area contributed by atoms with Gasteiger partial charge in [-0.05, 0) is 17.5 Å². The molecule has 0 saturated heterocycles. The Balaban J connectivity index is 3.00. The average molecular weight is 267 g/mol. The maximum absolute atomic E-state index is 12.4. The maximum Gasteiger partial charge on any atom is 0.416 e. The molecule has 0 bridgehead atoms. The second-order valence-corrected chi connectivity index (χ2v) is 5.51. The van der Waals surface area contributed by atoms with Crippen molar-refractivity contribution in [1.29, 1.82) is 0 Å². The van der Waals surface area contributed by atoms with Crippen molar-refractivity contribution in [2.75, 3.05) is 5.75 Å². The molecule has 1 atom stereocenters. The number of halogens is 3. The van der Waals surface area contributed by atoms with Gasteiger partial charge in [-0.1, -0.05) is 25.1 Å². The summed E-state index contributed by atoms with van der Waals surface area (Å²) in [4.78, 5) is 0. The Morgan fingerprint density at radius 2 is 1.94 bits per heavy atom. The molecule has 1 unspecified atom stereocenters. The van der Waals surface area contributed by atoms with Crippen LogP contribution in [0.1, 0.15) is 24.0 Å². The number of nitrogens with two attached hydrogens (primary N) is 1. The molecule has 1 rings (SSSR count). The number of primary sulfonamides is 1. The van der Waals surface area contributed by atoms with E-state index in [0.717, 1.165) is 12.1 Å². The lowest BCUT2D eigenvalue weighted by Gasteiger charge is -2.13. The standard InChI is InChI=1S/C10H12F3NO2S/c1-7(6-17(14,15)16)8-3-2-4-9(5-8)10(11,12)13/h2-5,7H,6H2,1H3,(H2,14,15,16). The van der Waals surface area contributed by atoms with Crippen LogP contribution >= 0.6 is 0 Å². The molecule has 7 heteroatoms. The predicted molar refractivity (Wildman–Crippen MR) is 57.8 cm³/mol. The van der Waals surface area contributed by atoms with Crippen molar-refractivity contribution in [1.82, 2.24) is 0 Å². The average Bonchev–Trinajstić information content (AvgIpc) is 2.14. The van der Waals surface area contributed by atoms with Crippen molar-refractivity contribution in [2.45, 2.75) is 19.0 Å². The van der Waals surface area contributed by atoms with Crippen LogP contribution in [0.25, 0.3) is 0 Å². The zero-order valence-electron chi connectivity index (χ0n) is 9.03. The Morgan fingerprint density at radius 3 is 2.41 bits per heavy atom. The Hall–Kier alpha value is -1.08. The fourth-order valence-corrected chi connectivity index (χ4v) is 2.36. The van der Waals surface area contributed by atoms with Gasteiger partial charge >= 0.3 is 6.18 Å². The largest absolute Gasteiger partial charge is 0.416 e. The van der Waals surface area contributed by atoms with E-state index in [-0.39, 0.29) is 5.75 Å². The fraction of sp³-hybridized carbons (Fsp3) is 0.400. The van der Waals surface area contributed by atoms with Crippen LogP contribution in [-0.2, 0) is 16.2 Å². The van der Waals surface area contributed by atoms with E-state index < -0.39 is 27.7 Å². The van der Waals surface area contributed by atoms with E-state index in [1.54, 1.807) is 0 Å². The third-order valence-corrected chi connectivity index (χ3v) is 3.23. The van der Waals surface area contributed by atoms with Gasteiger partial charge in [0.25, 0.3) is 0 Å². The van der Waals surface area contributed by atoms with Crippen LogP contribution in [0.15, 0.2) is 24.3 Å². The number of benzene rings is 1. The lowest BCUT2D eigenvalue weighted by atomic mass is 10.0. The molecule has 1 aromatic rings. The molecule has 0 fully saturated rings. The minimum Gasteiger partial charge on any atom is -0.229 e. The van der Waals surface area contributed by atoms with Gasteiger partial charge in [0.15, 0.2) is 0 Å². The Labute approximate surface area is 97.5 Å². The summed E-state index contributed by atoms with van der Waals surface area (Å²) in [7, 11) is -3.70. The third-order valence-electron chi connectivity index (χ3n) is 2.27. The van der Waals surface area contributed by atoms with Crippen LogP contribution in [-0.4, -0.2) is 14.2 Å². The molecule has 2 N–H and O–H groups in total. The highest BCUT2D eigenvalue weighted by Crippen LogP contribution is 2.31. The highest BCUT2D eigenvalue weighted by molar-refractivity contribution is 7.89. The van der Waals surface area contributed by atoms with E-state index >= 15 is 0 Å². The Kier molecular flexibility index (Phi) is 3.83. The van der Waals surface area contributed by atoms with Crippen LogP contribution in [0.4, 0.5) is 13.2 Å². The zero-order valence-corrected chi connectivity index (χ0v) is 9.85. The quantitative estimate of drug-likeness (QED) is 0.911. The SMILES string of the molecule is CC(CS(N)(=O)=O)c1cccc(C(F)(F)F)c1. The third kappa shape index (κ3) is 4.35. The van der Waals surface area contributed by atoms with Gasteiger partial charge in [-0.15, -0.1) is 0 Å². The minimum absolute atomic E-state index is 0.300. The zero-order chi connectivity index (χ0) is 13.3. The summed E-state index contributed by atoms with van der Waals surface area (Å²) in [6, 6.07) is 4.58. The van der Waals surface area contributed by atoms with Gasteiger partial charge in [0.1, 0.15) is 0 Å². The van der Waals surface area contributed by atoms with Crippen molar-refractivity contribution in [3.8, 4) is 0 Å². The first kappa shape index (κ1) is 14.0. The molecule has 1 aromatic carbocycles. The fourth-order valence-electron chi connectivity index (χ4n) is 1.47. The molecule has 0 aliphatic heterocycles. The van der Waals surface area contributed by atoms with Crippen molar-refractivity contribution in [2.24, 2.45) is 5.14 Å². The van der Waals surface area contributed by atoms with Crippen LogP contribution in [0, 0.1) is 0 Å². The monoisotopic (exact) mass is 267 g/mol. The van der Waals surface area contributed by atoms with Gasteiger partial charge in [-0.25, -0.2) is 13.6 Å². The second kappa shape index (κ2) is 4.66. The summed E-state index contributed by atoms with van der Waals surface area (Å²) < 4.78 is 59.0. The van der Waals surface area contributed by atoms with Crippen molar-refractivity contribution in [3.63, 3.8) is 0 Å². The molecule has 0 aliphatic rings. The van der Waals surface area contributed by atoms with Gasteiger partial charge < -0.3 is 0 Å². The topological polar surface area (TPSA) is 60.2 Å². The van der Waals surface area contributed by atoms with E-state index in [9.17, 15) is 21.6 Å². The molecule has 0 radical (unpaired) electrons. The summed E-state index contributed by atoms with van der Waals surface area (Å²) in [5.74, 6) is -0.957. The number of hydrogen-bond donors (Lipinski definition) is 1. The lowest BCUT2D eigenvalue weighted by molar-refractivity contribution is -0.137. The van der Waals surface area contributed by atoms with Crippen LogP contribution in [0.3, 0.4) is 0 Å². The van der Waals surface area contributed by atoms with E-state index in [1.807, 2.05) is 0 Å². The molecule has 0 aliphatic carbocycles. The second-order valence-electron chi connectivity index (χ2n) is 3.85. The predicted octanol–water partition coefficient (Wildman–Crippen LogP) is 2.10. The molecule has 0 saturated carbocycles. The van der Waals surface area contributed by atoms with E-state index in [0.29, 0.717) is 5.56 Å². The smallest absolute Gasteiger partial charge is 0.229 e. The van der Waals surface area contributed by atoms with Crippen molar-refractivity contribution >= 4 is 10.0 Å². The molecule has 96 valence electrons. The summed E-state index contributed by atoms with van der Waals surface area (Å²) >= 11 is 0.